The van der Waals surface area contributed by atoms with Gasteiger partial charge in [0.15, 0.2) is 0 Å². The molecule has 0 fully saturated rings. The molecule has 1 unspecified atom stereocenters. The lowest BCUT2D eigenvalue weighted by molar-refractivity contribution is -0.0192. The molecule has 1 aromatic rings. The predicted octanol–water partition coefficient (Wildman–Crippen LogP) is 2.44. The normalized spacial score (nSPS) is 18.6. The number of fused-ring (bicyclic) bond motifs is 1. The van der Waals surface area contributed by atoms with Crippen LogP contribution >= 0.6 is 15.9 Å². The second-order valence-corrected chi connectivity index (χ2v) is 4.75. The predicted molar refractivity (Wildman–Crippen MR) is 68.0 cm³/mol. The molecule has 0 saturated heterocycles. The highest BCUT2D eigenvalue weighted by molar-refractivity contribution is 9.10. The zero-order valence-corrected chi connectivity index (χ0v) is 11.3. The number of hydrogen-bond donors (Lipinski definition) is 1. The van der Waals surface area contributed by atoms with Gasteiger partial charge in [-0.2, -0.15) is 5.48 Å². The standard InChI is InChI=1S/C12H16BrNO3/c1-15-6-7-17-14-11-4-5-16-12-3-2-9(13)8-10(11)12/h2-3,8,11,14H,4-7H2,1H3. The van der Waals surface area contributed by atoms with Gasteiger partial charge >= 0.3 is 0 Å². The van der Waals surface area contributed by atoms with Crippen LogP contribution < -0.4 is 10.2 Å². The van der Waals surface area contributed by atoms with Gasteiger partial charge in [0.05, 0.1) is 25.9 Å². The lowest BCUT2D eigenvalue weighted by Gasteiger charge is -2.26. The van der Waals surface area contributed by atoms with Crippen molar-refractivity contribution in [1.82, 2.24) is 5.48 Å². The summed E-state index contributed by atoms with van der Waals surface area (Å²) >= 11 is 3.47. The minimum Gasteiger partial charge on any atom is -0.493 e. The number of nitrogens with one attached hydrogen (secondary N) is 1. The van der Waals surface area contributed by atoms with Gasteiger partial charge in [0, 0.05) is 23.6 Å². The third-order valence-corrected chi connectivity index (χ3v) is 3.12. The van der Waals surface area contributed by atoms with Gasteiger partial charge in [-0.25, -0.2) is 0 Å². The van der Waals surface area contributed by atoms with Crippen molar-refractivity contribution in [3.63, 3.8) is 0 Å². The first-order valence-corrected chi connectivity index (χ1v) is 6.39. The summed E-state index contributed by atoms with van der Waals surface area (Å²) < 4.78 is 11.6. The fourth-order valence-corrected chi connectivity index (χ4v) is 2.15. The van der Waals surface area contributed by atoms with Gasteiger partial charge < -0.3 is 9.47 Å². The second kappa shape index (κ2) is 6.35. The number of rotatable bonds is 5. The Labute approximate surface area is 109 Å². The fraction of sp³-hybridized carbons (Fsp3) is 0.500. The molecular formula is C12H16BrNO3. The Morgan fingerprint density at radius 2 is 2.35 bits per heavy atom. The average molecular weight is 302 g/mol. The molecule has 1 heterocycles. The van der Waals surface area contributed by atoms with Crippen LogP contribution in [-0.2, 0) is 9.57 Å². The Bertz CT molecular complexity index is 373. The monoisotopic (exact) mass is 301 g/mol. The highest BCUT2D eigenvalue weighted by Crippen LogP contribution is 2.33. The van der Waals surface area contributed by atoms with Crippen LogP contribution in [0.3, 0.4) is 0 Å². The maximum Gasteiger partial charge on any atom is 0.124 e. The van der Waals surface area contributed by atoms with Crippen molar-refractivity contribution >= 4 is 15.9 Å². The van der Waals surface area contributed by atoms with Gasteiger partial charge in [-0.15, -0.1) is 0 Å². The number of benzene rings is 1. The van der Waals surface area contributed by atoms with E-state index >= 15 is 0 Å². The first-order valence-electron chi connectivity index (χ1n) is 5.60. The number of hydrogen-bond acceptors (Lipinski definition) is 4. The van der Waals surface area contributed by atoms with Crippen molar-refractivity contribution in [1.29, 1.82) is 0 Å². The third-order valence-electron chi connectivity index (χ3n) is 2.63. The molecule has 1 atom stereocenters. The molecule has 0 aliphatic carbocycles. The number of hydroxylamine groups is 1. The van der Waals surface area contributed by atoms with Crippen LogP contribution in [0, 0.1) is 0 Å². The molecule has 1 aliphatic heterocycles. The Morgan fingerprint density at radius 1 is 1.47 bits per heavy atom. The molecule has 2 rings (SSSR count). The molecule has 0 aromatic heterocycles. The molecule has 5 heteroatoms. The smallest absolute Gasteiger partial charge is 0.124 e. The van der Waals surface area contributed by atoms with Crippen LogP contribution in [0.2, 0.25) is 0 Å². The second-order valence-electron chi connectivity index (χ2n) is 3.83. The first kappa shape index (κ1) is 12.8. The van der Waals surface area contributed by atoms with E-state index < -0.39 is 0 Å². The van der Waals surface area contributed by atoms with Gasteiger partial charge in [-0.3, -0.25) is 4.84 Å². The summed E-state index contributed by atoms with van der Waals surface area (Å²) in [6, 6.07) is 6.19. The van der Waals surface area contributed by atoms with Crippen LogP contribution in [-0.4, -0.2) is 26.9 Å². The van der Waals surface area contributed by atoms with E-state index in [0.29, 0.717) is 19.8 Å². The minimum absolute atomic E-state index is 0.174. The summed E-state index contributed by atoms with van der Waals surface area (Å²) in [5, 5.41) is 0. The van der Waals surface area contributed by atoms with E-state index in [2.05, 4.69) is 27.5 Å². The molecule has 1 aromatic carbocycles. The zero-order valence-electron chi connectivity index (χ0n) is 9.74. The Kier molecular flexibility index (Phi) is 4.79. The van der Waals surface area contributed by atoms with Crippen molar-refractivity contribution in [2.24, 2.45) is 0 Å². The average Bonchev–Trinajstić information content (AvgIpc) is 2.35. The van der Waals surface area contributed by atoms with E-state index in [1.54, 1.807) is 7.11 Å². The summed E-state index contributed by atoms with van der Waals surface area (Å²) in [6.07, 6.45) is 0.899. The van der Waals surface area contributed by atoms with Crippen LogP contribution in [0.15, 0.2) is 22.7 Å². The van der Waals surface area contributed by atoms with Gasteiger partial charge in [-0.05, 0) is 18.2 Å². The number of ether oxygens (including phenoxy) is 2. The van der Waals surface area contributed by atoms with Crippen LogP contribution in [0.25, 0.3) is 0 Å². The Hall–Kier alpha value is -0.620. The van der Waals surface area contributed by atoms with E-state index in [4.69, 9.17) is 14.3 Å². The molecule has 0 bridgehead atoms. The number of halogens is 1. The molecule has 4 nitrogen and oxygen atoms in total. The molecular weight excluding hydrogens is 286 g/mol. The lowest BCUT2D eigenvalue weighted by Crippen LogP contribution is -2.28. The van der Waals surface area contributed by atoms with E-state index in [1.807, 2.05) is 12.1 Å². The third kappa shape index (κ3) is 3.42. The number of methoxy groups -OCH3 is 1. The van der Waals surface area contributed by atoms with E-state index in [9.17, 15) is 0 Å². The summed E-state index contributed by atoms with van der Waals surface area (Å²) in [4.78, 5) is 5.36. The maximum atomic E-state index is 5.60. The van der Waals surface area contributed by atoms with Crippen molar-refractivity contribution < 1.29 is 14.3 Å². The Morgan fingerprint density at radius 3 is 3.18 bits per heavy atom. The van der Waals surface area contributed by atoms with E-state index in [0.717, 1.165) is 22.2 Å². The molecule has 0 saturated carbocycles. The highest BCUT2D eigenvalue weighted by atomic mass is 79.9. The van der Waals surface area contributed by atoms with Gasteiger partial charge in [-0.1, -0.05) is 15.9 Å². The van der Waals surface area contributed by atoms with Gasteiger partial charge in [0.1, 0.15) is 5.75 Å². The topological polar surface area (TPSA) is 39.7 Å². The van der Waals surface area contributed by atoms with E-state index in [-0.39, 0.29) is 6.04 Å². The van der Waals surface area contributed by atoms with Crippen molar-refractivity contribution in [3.05, 3.63) is 28.2 Å². The van der Waals surface area contributed by atoms with Crippen LogP contribution in [0.5, 0.6) is 5.75 Å². The largest absolute Gasteiger partial charge is 0.493 e. The molecule has 1 N–H and O–H groups in total. The van der Waals surface area contributed by atoms with Crippen molar-refractivity contribution in [2.45, 2.75) is 12.5 Å². The van der Waals surface area contributed by atoms with Crippen LogP contribution in [0.1, 0.15) is 18.0 Å². The van der Waals surface area contributed by atoms with Gasteiger partial charge in [0.2, 0.25) is 0 Å². The fourth-order valence-electron chi connectivity index (χ4n) is 1.77. The van der Waals surface area contributed by atoms with E-state index in [1.165, 1.54) is 0 Å². The SMILES string of the molecule is COCCONC1CCOc2ccc(Br)cc21. The highest BCUT2D eigenvalue weighted by Gasteiger charge is 2.21. The Balaban J connectivity index is 1.98. The molecule has 0 amide bonds. The first-order chi connectivity index (χ1) is 8.31. The van der Waals surface area contributed by atoms with Gasteiger partial charge in [0.25, 0.3) is 0 Å². The summed E-state index contributed by atoms with van der Waals surface area (Å²) in [5.74, 6) is 0.923. The quantitative estimate of drug-likeness (QED) is 0.670. The molecule has 1 aliphatic rings. The summed E-state index contributed by atoms with van der Waals surface area (Å²) in [5.41, 5.74) is 4.19. The van der Waals surface area contributed by atoms with Crippen molar-refractivity contribution in [2.75, 3.05) is 26.9 Å². The summed E-state index contributed by atoms with van der Waals surface area (Å²) in [7, 11) is 1.66. The van der Waals surface area contributed by atoms with Crippen molar-refractivity contribution in [3.8, 4) is 5.75 Å². The molecule has 0 radical (unpaired) electrons. The lowest BCUT2D eigenvalue weighted by atomic mass is 10.0. The molecule has 94 valence electrons. The molecule has 0 spiro atoms. The molecule has 17 heavy (non-hydrogen) atoms. The maximum absolute atomic E-state index is 5.60. The zero-order chi connectivity index (χ0) is 12.1. The summed E-state index contributed by atoms with van der Waals surface area (Å²) in [6.45, 7) is 1.83. The minimum atomic E-state index is 0.174. The van der Waals surface area contributed by atoms with Crippen LogP contribution in [0.4, 0.5) is 0 Å².